The molecule has 0 unspecified atom stereocenters. The highest BCUT2D eigenvalue weighted by atomic mass is 127. The molecule has 1 atom stereocenters. The van der Waals surface area contributed by atoms with Gasteiger partial charge in [0.1, 0.15) is 12.6 Å². The van der Waals surface area contributed by atoms with Crippen LogP contribution in [0.25, 0.3) is 0 Å². The molecule has 0 heterocycles. The van der Waals surface area contributed by atoms with Crippen molar-refractivity contribution in [1.82, 2.24) is 10.2 Å². The summed E-state index contributed by atoms with van der Waals surface area (Å²) in [6, 6.07) is 10.9. The van der Waals surface area contributed by atoms with Gasteiger partial charge in [-0.3, -0.25) is 13.9 Å². The van der Waals surface area contributed by atoms with Crippen LogP contribution in [0.3, 0.4) is 0 Å². The molecule has 0 saturated heterocycles. The Kier molecular flexibility index (Phi) is 10.3. The van der Waals surface area contributed by atoms with Crippen molar-refractivity contribution >= 4 is 73.3 Å². The predicted octanol–water partition coefficient (Wildman–Crippen LogP) is 5.09. The summed E-state index contributed by atoms with van der Waals surface area (Å²) in [6.45, 7) is 6.78. The maximum atomic E-state index is 13.7. The van der Waals surface area contributed by atoms with Crippen molar-refractivity contribution < 1.29 is 18.0 Å². The molecule has 0 spiro atoms. The second-order valence-electron chi connectivity index (χ2n) is 9.13. The number of hydrogen-bond donors (Lipinski definition) is 1. The van der Waals surface area contributed by atoms with Gasteiger partial charge in [0.15, 0.2) is 0 Å². The number of rotatable bonds is 9. The molecule has 0 aliphatic carbocycles. The molecule has 0 radical (unpaired) electrons. The second-order valence-corrected chi connectivity index (χ2v) is 13.1. The standard InChI is InChI=1S/C24H30Cl2IN3O4S/c1-6-21(23(32)28-24(2,3)4)29(14-18-19(25)8-7-9-20(18)26)22(31)15-30(35(5,33)34)17-12-10-16(27)11-13-17/h7-13,21H,6,14-15H2,1-5H3,(H,28,32)/t21-/m0/s1. The first-order chi connectivity index (χ1) is 16.1. The normalized spacial score (nSPS) is 12.7. The van der Waals surface area contributed by atoms with E-state index < -0.39 is 34.1 Å². The van der Waals surface area contributed by atoms with Crippen molar-refractivity contribution in [3.8, 4) is 0 Å². The highest BCUT2D eigenvalue weighted by Crippen LogP contribution is 2.28. The third kappa shape index (κ3) is 8.51. The van der Waals surface area contributed by atoms with Crippen molar-refractivity contribution in [1.29, 1.82) is 0 Å². The molecule has 0 fully saturated rings. The average Bonchev–Trinajstić information content (AvgIpc) is 2.72. The Morgan fingerprint density at radius 3 is 2.06 bits per heavy atom. The molecule has 0 aliphatic rings. The quantitative estimate of drug-likeness (QED) is 0.382. The Hall–Kier alpha value is -1.56. The van der Waals surface area contributed by atoms with Crippen LogP contribution in [0.15, 0.2) is 42.5 Å². The highest BCUT2D eigenvalue weighted by molar-refractivity contribution is 14.1. The summed E-state index contributed by atoms with van der Waals surface area (Å²) in [5, 5.41) is 3.60. The van der Waals surface area contributed by atoms with Crippen molar-refractivity contribution in [2.24, 2.45) is 0 Å². The van der Waals surface area contributed by atoms with Gasteiger partial charge < -0.3 is 10.2 Å². The smallest absolute Gasteiger partial charge is 0.244 e. The van der Waals surface area contributed by atoms with Gasteiger partial charge in [0, 0.05) is 31.3 Å². The van der Waals surface area contributed by atoms with E-state index in [1.54, 1.807) is 49.4 Å². The van der Waals surface area contributed by atoms with E-state index in [2.05, 4.69) is 27.9 Å². The van der Waals surface area contributed by atoms with Gasteiger partial charge in [0.2, 0.25) is 21.8 Å². The molecule has 2 aromatic rings. The van der Waals surface area contributed by atoms with Gasteiger partial charge in [-0.1, -0.05) is 36.2 Å². The minimum Gasteiger partial charge on any atom is -0.350 e. The summed E-state index contributed by atoms with van der Waals surface area (Å²) in [5.74, 6) is -0.905. The molecular formula is C24H30Cl2IN3O4S. The maximum Gasteiger partial charge on any atom is 0.244 e. The van der Waals surface area contributed by atoms with E-state index in [-0.39, 0.29) is 12.5 Å². The summed E-state index contributed by atoms with van der Waals surface area (Å²) in [5.41, 5.74) is 0.303. The second kappa shape index (κ2) is 12.1. The molecule has 2 aromatic carbocycles. The average molecular weight is 654 g/mol. The largest absolute Gasteiger partial charge is 0.350 e. The summed E-state index contributed by atoms with van der Waals surface area (Å²) < 4.78 is 27.2. The lowest BCUT2D eigenvalue weighted by atomic mass is 10.1. The van der Waals surface area contributed by atoms with Crippen LogP contribution in [0.1, 0.15) is 39.7 Å². The topological polar surface area (TPSA) is 86.8 Å². The van der Waals surface area contributed by atoms with E-state index >= 15 is 0 Å². The molecule has 0 bridgehead atoms. The van der Waals surface area contributed by atoms with Crippen LogP contribution < -0.4 is 9.62 Å². The third-order valence-electron chi connectivity index (χ3n) is 5.07. The van der Waals surface area contributed by atoms with Gasteiger partial charge >= 0.3 is 0 Å². The van der Waals surface area contributed by atoms with E-state index in [0.29, 0.717) is 27.7 Å². The monoisotopic (exact) mass is 653 g/mol. The fourth-order valence-electron chi connectivity index (χ4n) is 3.45. The van der Waals surface area contributed by atoms with E-state index in [1.165, 1.54) is 4.90 Å². The number of anilines is 1. The first kappa shape index (κ1) is 29.7. The van der Waals surface area contributed by atoms with Gasteiger partial charge in [0.05, 0.1) is 11.9 Å². The summed E-state index contributed by atoms with van der Waals surface area (Å²) in [7, 11) is -3.80. The fraction of sp³-hybridized carbons (Fsp3) is 0.417. The predicted molar refractivity (Wildman–Crippen MR) is 150 cm³/mol. The van der Waals surface area contributed by atoms with Crippen molar-refractivity contribution in [2.45, 2.75) is 52.2 Å². The van der Waals surface area contributed by atoms with E-state index in [9.17, 15) is 18.0 Å². The van der Waals surface area contributed by atoms with Crippen molar-refractivity contribution in [3.63, 3.8) is 0 Å². The summed E-state index contributed by atoms with van der Waals surface area (Å²) >= 11 is 14.9. The first-order valence-electron chi connectivity index (χ1n) is 10.9. The zero-order chi connectivity index (χ0) is 26.6. The molecule has 0 aliphatic heterocycles. The van der Waals surface area contributed by atoms with Gasteiger partial charge in [0.25, 0.3) is 0 Å². The van der Waals surface area contributed by atoms with Gasteiger partial charge in [-0.05, 0) is 86.2 Å². The Morgan fingerprint density at radius 2 is 1.60 bits per heavy atom. The van der Waals surface area contributed by atoms with Crippen LogP contribution in [-0.4, -0.2) is 49.5 Å². The third-order valence-corrected chi connectivity index (χ3v) is 7.64. The van der Waals surface area contributed by atoms with Gasteiger partial charge in [-0.25, -0.2) is 8.42 Å². The number of halogens is 3. The minimum atomic E-state index is -3.80. The molecule has 11 heteroatoms. The summed E-state index contributed by atoms with van der Waals surface area (Å²) in [4.78, 5) is 28.2. The molecule has 7 nitrogen and oxygen atoms in total. The number of nitrogens with one attached hydrogen (secondary N) is 1. The maximum absolute atomic E-state index is 13.7. The number of carbonyl (C=O) groups is 2. The van der Waals surface area contributed by atoms with Gasteiger partial charge in [-0.2, -0.15) is 0 Å². The summed E-state index contributed by atoms with van der Waals surface area (Å²) in [6.07, 6.45) is 1.34. The van der Waals surface area contributed by atoms with Crippen LogP contribution in [0.2, 0.25) is 10.0 Å². The van der Waals surface area contributed by atoms with Crippen molar-refractivity contribution in [2.75, 3.05) is 17.1 Å². The van der Waals surface area contributed by atoms with Crippen LogP contribution in [-0.2, 0) is 26.2 Å². The number of amides is 2. The molecule has 0 aromatic heterocycles. The SMILES string of the molecule is CC[C@@H](C(=O)NC(C)(C)C)N(Cc1c(Cl)cccc1Cl)C(=O)CN(c1ccc(I)cc1)S(C)(=O)=O. The fourth-order valence-corrected chi connectivity index (χ4v) is 5.17. The Labute approximate surface area is 231 Å². The van der Waals surface area contributed by atoms with E-state index in [4.69, 9.17) is 23.2 Å². The molecule has 0 saturated carbocycles. The molecule has 192 valence electrons. The number of sulfonamides is 1. The molecule has 2 amide bonds. The van der Waals surface area contributed by atoms with Crippen molar-refractivity contribution in [3.05, 3.63) is 61.6 Å². The molecule has 1 N–H and O–H groups in total. The van der Waals surface area contributed by atoms with Crippen LogP contribution in [0.4, 0.5) is 5.69 Å². The van der Waals surface area contributed by atoms with Crippen LogP contribution >= 0.6 is 45.8 Å². The Bertz CT molecular complexity index is 1150. The Balaban J connectivity index is 2.51. The number of benzene rings is 2. The van der Waals surface area contributed by atoms with Crippen LogP contribution in [0, 0.1) is 3.57 Å². The minimum absolute atomic E-state index is 0.0578. The van der Waals surface area contributed by atoms with Crippen LogP contribution in [0.5, 0.6) is 0 Å². The zero-order valence-corrected chi connectivity index (χ0v) is 24.8. The first-order valence-corrected chi connectivity index (χ1v) is 14.6. The Morgan fingerprint density at radius 1 is 1.06 bits per heavy atom. The zero-order valence-electron chi connectivity index (χ0n) is 20.3. The lowest BCUT2D eigenvalue weighted by Crippen LogP contribution is -2.55. The van der Waals surface area contributed by atoms with E-state index in [0.717, 1.165) is 14.1 Å². The number of nitrogens with zero attached hydrogens (tertiary/aromatic N) is 2. The number of hydrogen-bond acceptors (Lipinski definition) is 4. The lowest BCUT2D eigenvalue weighted by Gasteiger charge is -2.34. The molecular weight excluding hydrogens is 624 g/mol. The lowest BCUT2D eigenvalue weighted by molar-refractivity contribution is -0.141. The van der Waals surface area contributed by atoms with E-state index in [1.807, 2.05) is 20.8 Å². The van der Waals surface area contributed by atoms with Gasteiger partial charge in [-0.15, -0.1) is 0 Å². The number of carbonyl (C=O) groups excluding carboxylic acids is 2. The highest BCUT2D eigenvalue weighted by Gasteiger charge is 2.33. The molecule has 35 heavy (non-hydrogen) atoms. The molecule has 2 rings (SSSR count).